The van der Waals surface area contributed by atoms with Crippen LogP contribution in [0.2, 0.25) is 5.02 Å². The van der Waals surface area contributed by atoms with Gasteiger partial charge in [0, 0.05) is 35.3 Å². The summed E-state index contributed by atoms with van der Waals surface area (Å²) in [6, 6.07) is 14.6. The first-order valence-electron chi connectivity index (χ1n) is 10.8. The van der Waals surface area contributed by atoms with Crippen molar-refractivity contribution in [2.24, 2.45) is 5.92 Å². The number of amides is 1. The summed E-state index contributed by atoms with van der Waals surface area (Å²) in [5.74, 6) is 0.974. The molecule has 1 N–H and O–H groups in total. The number of rotatable bonds is 2. The van der Waals surface area contributed by atoms with Crippen LogP contribution in [0.25, 0.3) is 0 Å². The van der Waals surface area contributed by atoms with Gasteiger partial charge in [-0.15, -0.1) is 0 Å². The normalized spacial score (nSPS) is 25.7. The molecular weight excluding hydrogens is 380 g/mol. The second kappa shape index (κ2) is 7.87. The lowest BCUT2D eigenvalue weighted by Gasteiger charge is -2.38. The lowest BCUT2D eigenvalue weighted by atomic mass is 9.76. The number of carbonyl (C=O) groups is 1. The van der Waals surface area contributed by atoms with E-state index in [2.05, 4.69) is 41.7 Å². The number of halogens is 1. The van der Waals surface area contributed by atoms with Crippen LogP contribution in [0.15, 0.2) is 54.6 Å². The molecule has 2 aromatic carbocycles. The zero-order valence-electron chi connectivity index (χ0n) is 16.6. The van der Waals surface area contributed by atoms with E-state index in [4.69, 9.17) is 11.6 Å². The first-order valence-corrected chi connectivity index (χ1v) is 11.2. The number of hydrogen-bond acceptors (Lipinski definition) is 2. The average Bonchev–Trinajstić information content (AvgIpc) is 3.08. The van der Waals surface area contributed by atoms with Crippen LogP contribution in [0.4, 0.5) is 5.69 Å². The van der Waals surface area contributed by atoms with Gasteiger partial charge in [0.15, 0.2) is 0 Å². The molecule has 0 aromatic heterocycles. The molecule has 150 valence electrons. The number of anilines is 1. The lowest BCUT2D eigenvalue weighted by Crippen LogP contribution is -2.33. The quantitative estimate of drug-likeness (QED) is 0.603. The minimum atomic E-state index is 0.185. The number of fused-ring (bicyclic) bond motifs is 3. The van der Waals surface area contributed by atoms with Crippen LogP contribution in [0.5, 0.6) is 0 Å². The third-order valence-corrected chi connectivity index (χ3v) is 6.95. The van der Waals surface area contributed by atoms with Crippen LogP contribution in [-0.2, 0) is 0 Å². The number of likely N-dealkylation sites (tertiary alicyclic amines) is 1. The van der Waals surface area contributed by atoms with E-state index in [0.717, 1.165) is 48.6 Å². The molecule has 0 saturated carbocycles. The van der Waals surface area contributed by atoms with Gasteiger partial charge in [0.2, 0.25) is 0 Å². The Labute approximate surface area is 177 Å². The van der Waals surface area contributed by atoms with E-state index in [-0.39, 0.29) is 11.9 Å². The average molecular weight is 407 g/mol. The topological polar surface area (TPSA) is 32.3 Å². The molecule has 2 aromatic rings. The van der Waals surface area contributed by atoms with Crippen molar-refractivity contribution in [3.05, 3.63) is 76.3 Å². The van der Waals surface area contributed by atoms with Gasteiger partial charge in [-0.2, -0.15) is 0 Å². The first kappa shape index (κ1) is 18.7. The van der Waals surface area contributed by atoms with E-state index in [1.54, 1.807) is 0 Å². The highest BCUT2D eigenvalue weighted by atomic mass is 35.5. The van der Waals surface area contributed by atoms with Gasteiger partial charge >= 0.3 is 0 Å². The van der Waals surface area contributed by atoms with Gasteiger partial charge < -0.3 is 10.2 Å². The van der Waals surface area contributed by atoms with Gasteiger partial charge in [-0.05, 0) is 66.6 Å². The van der Waals surface area contributed by atoms with Crippen molar-refractivity contribution in [2.75, 3.05) is 18.4 Å². The fraction of sp³-hybridized carbons (Fsp3) is 0.400. The SMILES string of the molecule is O=C(c1ccc2c(c1)C1C=CCC1C(c1cccc(Cl)c1)N2)N1CCCCCC1. The molecule has 1 amide bonds. The minimum absolute atomic E-state index is 0.185. The van der Waals surface area contributed by atoms with Gasteiger partial charge in [0.25, 0.3) is 5.91 Å². The molecule has 2 heterocycles. The number of nitrogens with zero attached hydrogens (tertiary/aromatic N) is 1. The smallest absolute Gasteiger partial charge is 0.253 e. The molecule has 0 spiro atoms. The molecule has 1 aliphatic carbocycles. The molecule has 3 unspecified atom stereocenters. The van der Waals surface area contributed by atoms with Crippen molar-refractivity contribution in [2.45, 2.75) is 44.1 Å². The summed E-state index contributed by atoms with van der Waals surface area (Å²) in [4.78, 5) is 15.2. The maximum absolute atomic E-state index is 13.1. The molecule has 4 heteroatoms. The van der Waals surface area contributed by atoms with Crippen LogP contribution in [-0.4, -0.2) is 23.9 Å². The van der Waals surface area contributed by atoms with Gasteiger partial charge in [0.05, 0.1) is 6.04 Å². The fourth-order valence-electron chi connectivity index (χ4n) is 5.21. The number of allylic oxidation sites excluding steroid dienone is 2. The minimum Gasteiger partial charge on any atom is -0.378 e. The molecule has 3 atom stereocenters. The third-order valence-electron chi connectivity index (χ3n) is 6.71. The van der Waals surface area contributed by atoms with Crippen LogP contribution >= 0.6 is 11.6 Å². The predicted molar refractivity (Wildman–Crippen MR) is 119 cm³/mol. The van der Waals surface area contributed by atoms with Crippen molar-refractivity contribution in [3.8, 4) is 0 Å². The predicted octanol–water partition coefficient (Wildman–Crippen LogP) is 6.18. The van der Waals surface area contributed by atoms with Crippen LogP contribution in [0.3, 0.4) is 0 Å². The molecule has 1 saturated heterocycles. The van der Waals surface area contributed by atoms with Crippen molar-refractivity contribution in [1.82, 2.24) is 4.90 Å². The van der Waals surface area contributed by atoms with Crippen molar-refractivity contribution < 1.29 is 4.79 Å². The second-order valence-corrected chi connectivity index (χ2v) is 8.98. The summed E-state index contributed by atoms with van der Waals surface area (Å²) in [6.45, 7) is 1.77. The molecule has 5 rings (SSSR count). The second-order valence-electron chi connectivity index (χ2n) is 8.54. The fourth-order valence-corrected chi connectivity index (χ4v) is 5.41. The summed E-state index contributed by atoms with van der Waals surface area (Å²) >= 11 is 6.26. The third kappa shape index (κ3) is 3.57. The van der Waals surface area contributed by atoms with E-state index in [1.807, 2.05) is 23.1 Å². The maximum Gasteiger partial charge on any atom is 0.253 e. The zero-order chi connectivity index (χ0) is 19.8. The Morgan fingerprint density at radius 2 is 1.86 bits per heavy atom. The summed E-state index contributed by atoms with van der Waals surface area (Å²) in [7, 11) is 0. The summed E-state index contributed by atoms with van der Waals surface area (Å²) in [5, 5.41) is 4.52. The Morgan fingerprint density at radius 3 is 2.66 bits per heavy atom. The Kier molecular flexibility index (Phi) is 5.09. The Balaban J connectivity index is 1.46. The van der Waals surface area contributed by atoms with Gasteiger partial charge in [-0.1, -0.05) is 48.7 Å². The largest absolute Gasteiger partial charge is 0.378 e. The van der Waals surface area contributed by atoms with Crippen molar-refractivity contribution in [1.29, 1.82) is 0 Å². The van der Waals surface area contributed by atoms with E-state index in [9.17, 15) is 4.79 Å². The Bertz CT molecular complexity index is 946. The number of nitrogens with one attached hydrogen (secondary N) is 1. The van der Waals surface area contributed by atoms with Crippen molar-refractivity contribution >= 4 is 23.2 Å². The zero-order valence-corrected chi connectivity index (χ0v) is 17.4. The monoisotopic (exact) mass is 406 g/mol. The summed E-state index contributed by atoms with van der Waals surface area (Å²) in [5.41, 5.74) is 4.44. The lowest BCUT2D eigenvalue weighted by molar-refractivity contribution is 0.0761. The van der Waals surface area contributed by atoms with Gasteiger partial charge in [-0.25, -0.2) is 0 Å². The molecule has 0 bridgehead atoms. The van der Waals surface area contributed by atoms with Gasteiger partial charge in [-0.3, -0.25) is 4.79 Å². The summed E-state index contributed by atoms with van der Waals surface area (Å²) < 4.78 is 0. The highest BCUT2D eigenvalue weighted by Crippen LogP contribution is 2.50. The molecule has 29 heavy (non-hydrogen) atoms. The standard InChI is InChI=1S/C25H27ClN2O/c26-19-8-5-7-17(15-19)24-21-10-6-9-20(21)22-16-18(11-12-23(22)27-24)25(29)28-13-3-1-2-4-14-28/h5-9,11-12,15-16,20-21,24,27H,1-4,10,13-14H2. The number of carbonyl (C=O) groups excluding carboxylic acids is 1. The van der Waals surface area contributed by atoms with E-state index >= 15 is 0 Å². The number of benzene rings is 2. The molecule has 1 fully saturated rings. The van der Waals surface area contributed by atoms with E-state index < -0.39 is 0 Å². The maximum atomic E-state index is 13.1. The Hall–Kier alpha value is -2.26. The van der Waals surface area contributed by atoms with E-state index in [1.165, 1.54) is 24.0 Å². The van der Waals surface area contributed by atoms with Gasteiger partial charge in [0.1, 0.15) is 0 Å². The summed E-state index contributed by atoms with van der Waals surface area (Å²) in [6.07, 6.45) is 10.3. The molecule has 2 aliphatic heterocycles. The van der Waals surface area contributed by atoms with Crippen LogP contribution in [0.1, 0.15) is 65.5 Å². The highest BCUT2D eigenvalue weighted by molar-refractivity contribution is 6.30. The van der Waals surface area contributed by atoms with Crippen molar-refractivity contribution in [3.63, 3.8) is 0 Å². The highest BCUT2D eigenvalue weighted by Gasteiger charge is 2.38. The Morgan fingerprint density at radius 1 is 1.03 bits per heavy atom. The molecular formula is C25H27ClN2O. The first-order chi connectivity index (χ1) is 14.2. The molecule has 3 nitrogen and oxygen atoms in total. The molecule has 0 radical (unpaired) electrons. The number of hydrogen-bond donors (Lipinski definition) is 1. The molecule has 3 aliphatic rings. The van der Waals surface area contributed by atoms with E-state index in [0.29, 0.717) is 11.8 Å². The van der Waals surface area contributed by atoms with Crippen LogP contribution in [0, 0.1) is 5.92 Å². The van der Waals surface area contributed by atoms with Crippen LogP contribution < -0.4 is 5.32 Å².